The van der Waals surface area contributed by atoms with Crippen LogP contribution in [0.5, 0.6) is 0 Å². The largest absolute Gasteiger partial charge is 0.340 e. The summed E-state index contributed by atoms with van der Waals surface area (Å²) in [6, 6.07) is 11.9. The lowest BCUT2D eigenvalue weighted by Crippen LogP contribution is -2.38. The van der Waals surface area contributed by atoms with Gasteiger partial charge in [0.25, 0.3) is 5.91 Å². The first kappa shape index (κ1) is 20.0. The first-order valence-corrected chi connectivity index (χ1v) is 10.2. The summed E-state index contributed by atoms with van der Waals surface area (Å²) in [5.74, 6) is -0.457. The highest BCUT2D eigenvalue weighted by Gasteiger charge is 2.29. The van der Waals surface area contributed by atoms with Crippen molar-refractivity contribution in [1.29, 1.82) is 0 Å². The number of rotatable bonds is 6. The molecule has 0 bridgehead atoms. The Hall–Kier alpha value is -3.28. The molecule has 5 nitrogen and oxygen atoms in total. The lowest BCUT2D eigenvalue weighted by molar-refractivity contribution is 0.0658. The van der Waals surface area contributed by atoms with Crippen LogP contribution in [-0.4, -0.2) is 32.7 Å². The van der Waals surface area contributed by atoms with Crippen LogP contribution in [-0.2, 0) is 13.6 Å². The lowest BCUT2D eigenvalue weighted by Gasteiger charge is -2.28. The summed E-state index contributed by atoms with van der Waals surface area (Å²) in [4.78, 5) is 30.4. The van der Waals surface area contributed by atoms with E-state index in [4.69, 9.17) is 0 Å². The van der Waals surface area contributed by atoms with Crippen molar-refractivity contribution >= 4 is 12.2 Å². The summed E-state index contributed by atoms with van der Waals surface area (Å²) in [5.41, 5.74) is 2.83. The van der Waals surface area contributed by atoms with E-state index in [0.29, 0.717) is 28.9 Å². The molecule has 0 unspecified atom stereocenters. The Kier molecular flexibility index (Phi) is 5.74. The number of carbonyl (C=O) groups is 2. The zero-order valence-electron chi connectivity index (χ0n) is 16.9. The standard InChI is InChI=1S/C24H24FN3O2/c1-27-14-23(26-16-27)24(30)28(20-7-2-3-8-20)13-17-9-10-22(25)21(12-17)19-6-4-5-18(11-19)15-29/h4-6,9-12,14-16,20H,2-3,7-8,13H2,1H3. The van der Waals surface area contributed by atoms with Crippen molar-refractivity contribution in [3.63, 3.8) is 0 Å². The topological polar surface area (TPSA) is 55.2 Å². The van der Waals surface area contributed by atoms with Gasteiger partial charge in [-0.3, -0.25) is 9.59 Å². The van der Waals surface area contributed by atoms with Crippen LogP contribution in [0.25, 0.3) is 11.1 Å². The molecule has 1 aromatic heterocycles. The van der Waals surface area contributed by atoms with Crippen LogP contribution in [0.1, 0.15) is 52.1 Å². The quantitative estimate of drug-likeness (QED) is 0.562. The third kappa shape index (κ3) is 4.17. The molecule has 154 valence electrons. The number of aromatic nitrogens is 2. The van der Waals surface area contributed by atoms with Crippen LogP contribution in [0, 0.1) is 5.82 Å². The Morgan fingerprint density at radius 1 is 1.23 bits per heavy atom. The summed E-state index contributed by atoms with van der Waals surface area (Å²) in [5, 5.41) is 0. The number of imidazole rings is 1. The Bertz CT molecular complexity index is 1070. The molecular formula is C24H24FN3O2. The van der Waals surface area contributed by atoms with Crippen LogP contribution >= 0.6 is 0 Å². The number of amides is 1. The van der Waals surface area contributed by atoms with Crippen LogP contribution in [0.15, 0.2) is 55.0 Å². The number of aldehydes is 1. The van der Waals surface area contributed by atoms with Gasteiger partial charge in [-0.2, -0.15) is 0 Å². The Balaban J connectivity index is 1.66. The molecule has 1 amide bonds. The summed E-state index contributed by atoms with van der Waals surface area (Å²) in [6.45, 7) is 0.390. The average Bonchev–Trinajstić information content (AvgIpc) is 3.44. The van der Waals surface area contributed by atoms with E-state index < -0.39 is 0 Å². The van der Waals surface area contributed by atoms with Crippen molar-refractivity contribution in [1.82, 2.24) is 14.5 Å². The third-order valence-corrected chi connectivity index (χ3v) is 5.67. The maximum atomic E-state index is 14.6. The molecule has 0 N–H and O–H groups in total. The van der Waals surface area contributed by atoms with Gasteiger partial charge < -0.3 is 9.47 Å². The fourth-order valence-electron chi connectivity index (χ4n) is 4.12. The molecule has 1 aliphatic carbocycles. The predicted molar refractivity (Wildman–Crippen MR) is 113 cm³/mol. The minimum absolute atomic E-state index is 0.101. The molecule has 0 atom stereocenters. The van der Waals surface area contributed by atoms with Gasteiger partial charge in [0.2, 0.25) is 0 Å². The van der Waals surface area contributed by atoms with Gasteiger partial charge in [0.15, 0.2) is 0 Å². The van der Waals surface area contributed by atoms with Crippen LogP contribution < -0.4 is 0 Å². The Labute approximate surface area is 175 Å². The van der Waals surface area contributed by atoms with Crippen LogP contribution in [0.2, 0.25) is 0 Å². The van der Waals surface area contributed by atoms with E-state index in [0.717, 1.165) is 37.5 Å². The maximum Gasteiger partial charge on any atom is 0.274 e. The van der Waals surface area contributed by atoms with Crippen LogP contribution in [0.3, 0.4) is 0 Å². The molecule has 1 saturated carbocycles. The first-order valence-electron chi connectivity index (χ1n) is 10.2. The van der Waals surface area contributed by atoms with Crippen molar-refractivity contribution in [2.75, 3.05) is 0 Å². The number of aryl methyl sites for hydroxylation is 1. The predicted octanol–water partition coefficient (Wildman–Crippen LogP) is 4.62. The Morgan fingerprint density at radius 3 is 2.73 bits per heavy atom. The fourth-order valence-corrected chi connectivity index (χ4v) is 4.12. The van der Waals surface area contributed by atoms with Crippen molar-refractivity contribution < 1.29 is 14.0 Å². The van der Waals surface area contributed by atoms with E-state index in [1.165, 1.54) is 6.07 Å². The van der Waals surface area contributed by atoms with E-state index in [2.05, 4.69) is 4.98 Å². The molecule has 0 spiro atoms. The minimum Gasteiger partial charge on any atom is -0.340 e. The zero-order valence-corrected chi connectivity index (χ0v) is 16.9. The van der Waals surface area contributed by atoms with Gasteiger partial charge in [0.05, 0.1) is 6.33 Å². The minimum atomic E-state index is -0.356. The van der Waals surface area contributed by atoms with Gasteiger partial charge in [-0.05, 0) is 42.2 Å². The highest BCUT2D eigenvalue weighted by molar-refractivity contribution is 5.92. The second-order valence-corrected chi connectivity index (χ2v) is 7.85. The third-order valence-electron chi connectivity index (χ3n) is 5.67. The number of nitrogens with zero attached hydrogens (tertiary/aromatic N) is 3. The van der Waals surface area contributed by atoms with Crippen molar-refractivity contribution in [2.45, 2.75) is 38.3 Å². The molecule has 1 heterocycles. The number of carbonyl (C=O) groups excluding carboxylic acids is 2. The van der Waals surface area contributed by atoms with Gasteiger partial charge in [-0.15, -0.1) is 0 Å². The average molecular weight is 405 g/mol. The maximum absolute atomic E-state index is 14.6. The molecule has 2 aromatic carbocycles. The molecule has 6 heteroatoms. The zero-order chi connectivity index (χ0) is 21.1. The van der Waals surface area contributed by atoms with Gasteiger partial charge in [0, 0.05) is 37.0 Å². The summed E-state index contributed by atoms with van der Waals surface area (Å²) in [7, 11) is 1.84. The lowest BCUT2D eigenvalue weighted by atomic mass is 10.00. The number of hydrogen-bond donors (Lipinski definition) is 0. The van der Waals surface area contributed by atoms with Crippen LogP contribution in [0.4, 0.5) is 4.39 Å². The van der Waals surface area contributed by atoms with E-state index >= 15 is 0 Å². The molecule has 0 radical (unpaired) electrons. The SMILES string of the molecule is Cn1cnc(C(=O)N(Cc2ccc(F)c(-c3cccc(C=O)c3)c2)C2CCCC2)c1. The number of hydrogen-bond acceptors (Lipinski definition) is 3. The molecule has 1 fully saturated rings. The van der Waals surface area contributed by atoms with E-state index in [1.807, 2.05) is 11.9 Å². The summed E-state index contributed by atoms with van der Waals surface area (Å²) in [6.07, 6.45) is 8.23. The van der Waals surface area contributed by atoms with Gasteiger partial charge in [0.1, 0.15) is 17.8 Å². The van der Waals surface area contributed by atoms with Gasteiger partial charge >= 0.3 is 0 Å². The molecule has 1 aliphatic rings. The highest BCUT2D eigenvalue weighted by atomic mass is 19.1. The van der Waals surface area contributed by atoms with Crippen molar-refractivity contribution in [2.24, 2.45) is 7.05 Å². The second-order valence-electron chi connectivity index (χ2n) is 7.85. The molecule has 4 rings (SSSR count). The van der Waals surface area contributed by atoms with Crippen molar-refractivity contribution in [3.05, 3.63) is 77.6 Å². The van der Waals surface area contributed by atoms with E-state index in [1.54, 1.807) is 53.5 Å². The van der Waals surface area contributed by atoms with Crippen molar-refractivity contribution in [3.8, 4) is 11.1 Å². The summed E-state index contributed by atoms with van der Waals surface area (Å²) < 4.78 is 16.3. The molecular weight excluding hydrogens is 381 g/mol. The number of benzene rings is 2. The molecule has 0 aliphatic heterocycles. The second kappa shape index (κ2) is 8.61. The molecule has 0 saturated heterocycles. The monoisotopic (exact) mass is 405 g/mol. The number of halogens is 1. The van der Waals surface area contributed by atoms with E-state index in [9.17, 15) is 14.0 Å². The van der Waals surface area contributed by atoms with Gasteiger partial charge in [-0.25, -0.2) is 9.37 Å². The molecule has 3 aromatic rings. The highest BCUT2D eigenvalue weighted by Crippen LogP contribution is 2.29. The Morgan fingerprint density at radius 2 is 2.03 bits per heavy atom. The first-order chi connectivity index (χ1) is 14.5. The fraction of sp³-hybridized carbons (Fsp3) is 0.292. The van der Waals surface area contributed by atoms with E-state index in [-0.39, 0.29) is 17.8 Å². The summed E-state index contributed by atoms with van der Waals surface area (Å²) >= 11 is 0. The normalized spacial score (nSPS) is 14.1. The molecule has 30 heavy (non-hydrogen) atoms. The smallest absolute Gasteiger partial charge is 0.274 e. The van der Waals surface area contributed by atoms with Gasteiger partial charge in [-0.1, -0.05) is 37.1 Å².